The zero-order valence-corrected chi connectivity index (χ0v) is 16.1. The Bertz CT molecular complexity index is 869. The fourth-order valence-corrected chi connectivity index (χ4v) is 3.56. The van der Waals surface area contributed by atoms with Gasteiger partial charge < -0.3 is 4.90 Å². The second kappa shape index (κ2) is 7.42. The number of carbonyl (C=O) groups excluding carboxylic acids is 1. The summed E-state index contributed by atoms with van der Waals surface area (Å²) in [6, 6.07) is 11.6. The summed E-state index contributed by atoms with van der Waals surface area (Å²) in [7, 11) is 0. The smallest absolute Gasteiger partial charge is 0.254 e. The Morgan fingerprint density at radius 3 is 2.48 bits per heavy atom. The number of halogens is 1. The number of amides is 1. The number of carbonyl (C=O) groups is 1. The molecule has 4 nitrogen and oxygen atoms in total. The maximum Gasteiger partial charge on any atom is 0.254 e. The van der Waals surface area contributed by atoms with E-state index in [-0.39, 0.29) is 5.91 Å². The molecule has 0 N–H and O–H groups in total. The number of rotatable bonds is 5. The molecule has 6 heteroatoms. The first-order valence-electron chi connectivity index (χ1n) is 8.15. The van der Waals surface area contributed by atoms with Gasteiger partial charge in [0.2, 0.25) is 0 Å². The van der Waals surface area contributed by atoms with Crippen molar-refractivity contribution in [3.8, 4) is 5.69 Å². The lowest BCUT2D eigenvalue weighted by molar-refractivity contribution is 0.0754. The van der Waals surface area contributed by atoms with Crippen LogP contribution < -0.4 is 0 Å². The molecule has 25 heavy (non-hydrogen) atoms. The molecule has 0 radical (unpaired) electrons. The van der Waals surface area contributed by atoms with Gasteiger partial charge in [0.1, 0.15) is 0 Å². The minimum Gasteiger partial charge on any atom is -0.334 e. The molecule has 1 amide bonds. The van der Waals surface area contributed by atoms with Crippen molar-refractivity contribution in [3.63, 3.8) is 0 Å². The zero-order valence-electron chi connectivity index (χ0n) is 14.5. The number of benzene rings is 1. The molecule has 0 aliphatic rings. The minimum absolute atomic E-state index is 0.0360. The third-order valence-electron chi connectivity index (χ3n) is 4.16. The van der Waals surface area contributed by atoms with Crippen molar-refractivity contribution in [1.29, 1.82) is 0 Å². The van der Waals surface area contributed by atoms with E-state index in [2.05, 4.69) is 11.2 Å². The van der Waals surface area contributed by atoms with Gasteiger partial charge in [0.25, 0.3) is 5.91 Å². The number of nitrogens with zero attached hydrogens (tertiary/aromatic N) is 3. The number of aryl methyl sites for hydroxylation is 1. The molecule has 3 aromatic rings. The van der Waals surface area contributed by atoms with Crippen molar-refractivity contribution >= 4 is 28.8 Å². The second-order valence-corrected chi connectivity index (χ2v) is 7.25. The molecule has 0 fully saturated rings. The molecule has 0 atom stereocenters. The van der Waals surface area contributed by atoms with E-state index >= 15 is 0 Å². The van der Waals surface area contributed by atoms with Crippen LogP contribution in [0.15, 0.2) is 41.8 Å². The summed E-state index contributed by atoms with van der Waals surface area (Å²) in [5.41, 5.74) is 3.26. The van der Waals surface area contributed by atoms with E-state index in [0.717, 1.165) is 17.1 Å². The van der Waals surface area contributed by atoms with Crippen LogP contribution in [0.1, 0.15) is 33.5 Å². The van der Waals surface area contributed by atoms with Crippen LogP contribution in [0.4, 0.5) is 0 Å². The molecule has 3 rings (SSSR count). The third-order valence-corrected chi connectivity index (χ3v) is 5.57. The fourth-order valence-electron chi connectivity index (χ4n) is 2.72. The lowest BCUT2D eigenvalue weighted by Crippen LogP contribution is -2.29. The van der Waals surface area contributed by atoms with Crippen LogP contribution in [-0.2, 0) is 6.54 Å². The first-order valence-corrected chi connectivity index (χ1v) is 9.40. The SMILES string of the molecule is CCN(Cc1cccs1)C(=O)c1ccc(-n2nc(C)c(Cl)c2C)cc1. The predicted molar refractivity (Wildman–Crippen MR) is 103 cm³/mol. The van der Waals surface area contributed by atoms with Crippen molar-refractivity contribution in [1.82, 2.24) is 14.7 Å². The van der Waals surface area contributed by atoms with E-state index in [1.165, 1.54) is 4.88 Å². The number of aromatic nitrogens is 2. The molecule has 1 aromatic carbocycles. The topological polar surface area (TPSA) is 38.1 Å². The van der Waals surface area contributed by atoms with Gasteiger partial charge in [0, 0.05) is 17.0 Å². The minimum atomic E-state index is 0.0360. The Morgan fingerprint density at radius 1 is 1.24 bits per heavy atom. The van der Waals surface area contributed by atoms with Gasteiger partial charge in [-0.2, -0.15) is 5.10 Å². The summed E-state index contributed by atoms with van der Waals surface area (Å²) in [4.78, 5) is 15.8. The highest BCUT2D eigenvalue weighted by molar-refractivity contribution is 7.09. The first kappa shape index (κ1) is 17.7. The molecule has 2 aromatic heterocycles. The standard InChI is InChI=1S/C19H20ClN3OS/c1-4-22(12-17-6-5-11-25-17)19(24)15-7-9-16(10-8-15)23-14(3)18(20)13(2)21-23/h5-11H,4,12H2,1-3H3. The molecule has 0 spiro atoms. The normalized spacial score (nSPS) is 10.9. The largest absolute Gasteiger partial charge is 0.334 e. The highest BCUT2D eigenvalue weighted by atomic mass is 35.5. The summed E-state index contributed by atoms with van der Waals surface area (Å²) < 4.78 is 1.80. The van der Waals surface area contributed by atoms with E-state index in [4.69, 9.17) is 11.6 Å². The van der Waals surface area contributed by atoms with E-state index in [1.807, 2.05) is 61.4 Å². The van der Waals surface area contributed by atoms with Crippen LogP contribution in [0, 0.1) is 13.8 Å². The van der Waals surface area contributed by atoms with Crippen LogP contribution in [0.2, 0.25) is 5.02 Å². The highest BCUT2D eigenvalue weighted by Crippen LogP contribution is 2.23. The Balaban J connectivity index is 1.81. The molecular formula is C19H20ClN3OS. The summed E-state index contributed by atoms with van der Waals surface area (Å²) in [6.45, 7) is 7.12. The van der Waals surface area contributed by atoms with Crippen LogP contribution in [0.25, 0.3) is 5.69 Å². The van der Waals surface area contributed by atoms with Crippen LogP contribution >= 0.6 is 22.9 Å². The van der Waals surface area contributed by atoms with Gasteiger partial charge in [-0.3, -0.25) is 4.79 Å². The molecule has 0 unspecified atom stereocenters. The third kappa shape index (κ3) is 3.62. The van der Waals surface area contributed by atoms with Gasteiger partial charge >= 0.3 is 0 Å². The zero-order chi connectivity index (χ0) is 18.0. The number of thiophene rings is 1. The van der Waals surface area contributed by atoms with Crippen molar-refractivity contribution in [2.24, 2.45) is 0 Å². The van der Waals surface area contributed by atoms with Gasteiger partial charge in [-0.1, -0.05) is 17.7 Å². The van der Waals surface area contributed by atoms with E-state index in [9.17, 15) is 4.79 Å². The van der Waals surface area contributed by atoms with Crippen LogP contribution in [-0.4, -0.2) is 27.1 Å². The van der Waals surface area contributed by atoms with Gasteiger partial charge in [-0.15, -0.1) is 11.3 Å². The maximum atomic E-state index is 12.8. The summed E-state index contributed by atoms with van der Waals surface area (Å²) in [5.74, 6) is 0.0360. The first-order chi connectivity index (χ1) is 12.0. The number of hydrogen-bond acceptors (Lipinski definition) is 3. The second-order valence-electron chi connectivity index (χ2n) is 5.84. The Labute approximate surface area is 156 Å². The summed E-state index contributed by atoms with van der Waals surface area (Å²) >= 11 is 7.88. The Hall–Kier alpha value is -2.11. The molecule has 130 valence electrons. The van der Waals surface area contributed by atoms with Crippen molar-refractivity contribution in [3.05, 3.63) is 68.6 Å². The summed E-state index contributed by atoms with van der Waals surface area (Å²) in [5, 5.41) is 7.15. The molecule has 0 saturated carbocycles. The van der Waals surface area contributed by atoms with Crippen LogP contribution in [0.5, 0.6) is 0 Å². The monoisotopic (exact) mass is 373 g/mol. The lowest BCUT2D eigenvalue weighted by Gasteiger charge is -2.20. The van der Waals surface area contributed by atoms with Gasteiger partial charge in [0.05, 0.1) is 28.6 Å². The van der Waals surface area contributed by atoms with Crippen LogP contribution in [0.3, 0.4) is 0 Å². The predicted octanol–water partition coefficient (Wildman–Crippen LogP) is 4.87. The fraction of sp³-hybridized carbons (Fsp3) is 0.263. The van der Waals surface area contributed by atoms with Gasteiger partial charge in [-0.25, -0.2) is 4.68 Å². The molecule has 2 heterocycles. The molecule has 0 aliphatic heterocycles. The summed E-state index contributed by atoms with van der Waals surface area (Å²) in [6.07, 6.45) is 0. The molecule has 0 aliphatic carbocycles. The van der Waals surface area contributed by atoms with Crippen molar-refractivity contribution in [2.45, 2.75) is 27.3 Å². The number of hydrogen-bond donors (Lipinski definition) is 0. The Kier molecular flexibility index (Phi) is 5.25. The highest BCUT2D eigenvalue weighted by Gasteiger charge is 2.16. The maximum absolute atomic E-state index is 12.8. The quantitative estimate of drug-likeness (QED) is 0.640. The van der Waals surface area contributed by atoms with Crippen molar-refractivity contribution < 1.29 is 4.79 Å². The molecule has 0 bridgehead atoms. The average molecular weight is 374 g/mol. The van der Waals surface area contributed by atoms with Gasteiger partial charge in [0.15, 0.2) is 0 Å². The van der Waals surface area contributed by atoms with E-state index in [1.54, 1.807) is 16.0 Å². The van der Waals surface area contributed by atoms with Gasteiger partial charge in [-0.05, 0) is 56.5 Å². The van der Waals surface area contributed by atoms with Crippen molar-refractivity contribution in [2.75, 3.05) is 6.54 Å². The average Bonchev–Trinajstić information content (AvgIpc) is 3.23. The van der Waals surface area contributed by atoms with E-state index in [0.29, 0.717) is 23.7 Å². The molecule has 0 saturated heterocycles. The Morgan fingerprint density at radius 2 is 1.96 bits per heavy atom. The lowest BCUT2D eigenvalue weighted by atomic mass is 10.1. The molecular weight excluding hydrogens is 354 g/mol. The van der Waals surface area contributed by atoms with E-state index < -0.39 is 0 Å².